The molecule has 0 aliphatic carbocycles. The van der Waals surface area contributed by atoms with E-state index in [0.717, 1.165) is 12.8 Å². The number of nitrogens with two attached hydrogens (primary N) is 2. The number of aliphatic carboxylic acids is 1. The Hall–Kier alpha value is -0.660. The van der Waals surface area contributed by atoms with Crippen LogP contribution in [-0.4, -0.2) is 35.6 Å². The van der Waals surface area contributed by atoms with Crippen LogP contribution in [0.2, 0.25) is 0 Å². The number of carbonyl (C=O) groups is 2. The zero-order valence-electron chi connectivity index (χ0n) is 9.31. The summed E-state index contributed by atoms with van der Waals surface area (Å²) in [6, 6.07) is -1.56. The van der Waals surface area contributed by atoms with Crippen molar-refractivity contribution < 1.29 is 14.7 Å². The van der Waals surface area contributed by atoms with Crippen molar-refractivity contribution in [3.63, 3.8) is 0 Å². The smallest absolute Gasteiger partial charge is 0.325 e. The number of amides is 1. The molecule has 0 saturated heterocycles. The van der Waals surface area contributed by atoms with Crippen LogP contribution in [0.1, 0.15) is 26.2 Å². The summed E-state index contributed by atoms with van der Waals surface area (Å²) in [5.41, 5.74) is 10.9. The molecule has 1 amide bonds. The van der Waals surface area contributed by atoms with Crippen LogP contribution in [0.4, 0.5) is 0 Å². The summed E-state index contributed by atoms with van der Waals surface area (Å²) in [6.07, 6.45) is 2.11. The number of carboxylic acids is 1. The lowest BCUT2D eigenvalue weighted by molar-refractivity contribution is -0.141. The molecule has 0 fully saturated rings. The predicted molar refractivity (Wildman–Crippen MR) is 66.4 cm³/mol. The Morgan fingerprint density at radius 1 is 1.38 bits per heavy atom. The van der Waals surface area contributed by atoms with Gasteiger partial charge in [-0.2, -0.15) is 0 Å². The fraction of sp³-hybridized carbons (Fsp3) is 0.778. The van der Waals surface area contributed by atoms with Crippen LogP contribution in [0, 0.1) is 0 Å². The predicted octanol–water partition coefficient (Wildman–Crippen LogP) is -0.390. The second kappa shape index (κ2) is 9.56. The van der Waals surface area contributed by atoms with Crippen LogP contribution >= 0.6 is 17.0 Å². The molecule has 0 aliphatic rings. The average molecular weight is 298 g/mol. The van der Waals surface area contributed by atoms with E-state index >= 15 is 0 Å². The maximum absolute atomic E-state index is 11.3. The molecule has 0 bridgehead atoms. The molecule has 0 radical (unpaired) electrons. The van der Waals surface area contributed by atoms with E-state index in [0.29, 0.717) is 13.0 Å². The Bertz CT molecular complexity index is 226. The second-order valence-electron chi connectivity index (χ2n) is 3.46. The highest BCUT2D eigenvalue weighted by atomic mass is 79.9. The fourth-order valence-corrected chi connectivity index (χ4v) is 1.02. The van der Waals surface area contributed by atoms with Crippen LogP contribution in [-0.2, 0) is 9.59 Å². The molecule has 0 heterocycles. The minimum atomic E-state index is -1.07. The Morgan fingerprint density at radius 3 is 2.38 bits per heavy atom. The molecule has 7 heteroatoms. The van der Waals surface area contributed by atoms with Gasteiger partial charge in [-0.1, -0.05) is 6.42 Å². The molecule has 0 aliphatic heterocycles. The first kappa shape index (κ1) is 17.7. The Labute approximate surface area is 106 Å². The van der Waals surface area contributed by atoms with Crippen molar-refractivity contribution in [3.8, 4) is 0 Å². The van der Waals surface area contributed by atoms with E-state index in [2.05, 4.69) is 5.32 Å². The number of hydrogen-bond donors (Lipinski definition) is 4. The summed E-state index contributed by atoms with van der Waals surface area (Å²) in [5.74, 6) is -1.50. The number of unbranched alkanes of at least 4 members (excludes halogenated alkanes) is 1. The van der Waals surface area contributed by atoms with Crippen LogP contribution in [0.15, 0.2) is 0 Å². The normalized spacial score (nSPS) is 13.4. The van der Waals surface area contributed by atoms with Gasteiger partial charge in [-0.3, -0.25) is 9.59 Å². The molecule has 0 saturated carbocycles. The van der Waals surface area contributed by atoms with Gasteiger partial charge in [-0.25, -0.2) is 0 Å². The summed E-state index contributed by atoms with van der Waals surface area (Å²) in [7, 11) is 0. The largest absolute Gasteiger partial charge is 0.480 e. The van der Waals surface area contributed by atoms with E-state index in [-0.39, 0.29) is 17.0 Å². The lowest BCUT2D eigenvalue weighted by Gasteiger charge is -2.14. The van der Waals surface area contributed by atoms with Gasteiger partial charge in [0.15, 0.2) is 0 Å². The minimum absolute atomic E-state index is 0. The highest BCUT2D eigenvalue weighted by Gasteiger charge is 2.18. The van der Waals surface area contributed by atoms with Crippen molar-refractivity contribution in [2.45, 2.75) is 38.3 Å². The first-order valence-corrected chi connectivity index (χ1v) is 4.98. The Balaban J connectivity index is 0. The molecule has 96 valence electrons. The van der Waals surface area contributed by atoms with E-state index in [1.54, 1.807) is 0 Å². The highest BCUT2D eigenvalue weighted by Crippen LogP contribution is 1.98. The molecule has 0 aromatic rings. The van der Waals surface area contributed by atoms with Gasteiger partial charge in [0.2, 0.25) is 5.91 Å². The summed E-state index contributed by atoms with van der Waals surface area (Å²) in [5, 5.41) is 10.9. The molecule has 6 nitrogen and oxygen atoms in total. The molecule has 0 rings (SSSR count). The topological polar surface area (TPSA) is 118 Å². The second-order valence-corrected chi connectivity index (χ2v) is 3.46. The van der Waals surface area contributed by atoms with Crippen LogP contribution in [0.25, 0.3) is 0 Å². The molecule has 0 aromatic carbocycles. The number of rotatable bonds is 7. The third-order valence-corrected chi connectivity index (χ3v) is 2.04. The summed E-state index contributed by atoms with van der Waals surface area (Å²) >= 11 is 0. The SMILES string of the molecule is Br.C[C@H](NC(=O)[C@@H](N)CCCCN)C(=O)O. The van der Waals surface area contributed by atoms with Gasteiger partial charge >= 0.3 is 5.97 Å². The molecule has 6 N–H and O–H groups in total. The van der Waals surface area contributed by atoms with Gasteiger partial charge in [0, 0.05) is 0 Å². The summed E-state index contributed by atoms with van der Waals surface area (Å²) < 4.78 is 0. The number of hydrogen-bond acceptors (Lipinski definition) is 4. The zero-order valence-corrected chi connectivity index (χ0v) is 11.0. The number of carboxylic acid groups (broad SMARTS) is 1. The number of nitrogens with one attached hydrogen (secondary N) is 1. The summed E-state index contributed by atoms with van der Waals surface area (Å²) in [6.45, 7) is 1.96. The first-order chi connectivity index (χ1) is 6.99. The maximum Gasteiger partial charge on any atom is 0.325 e. The van der Waals surface area contributed by atoms with E-state index in [1.165, 1.54) is 6.92 Å². The number of carbonyl (C=O) groups excluding carboxylic acids is 1. The van der Waals surface area contributed by atoms with Gasteiger partial charge in [-0.05, 0) is 26.3 Å². The molecule has 0 aromatic heterocycles. The quantitative estimate of drug-likeness (QED) is 0.477. The molecular weight excluding hydrogens is 278 g/mol. The van der Waals surface area contributed by atoms with E-state index in [1.807, 2.05) is 0 Å². The third kappa shape index (κ3) is 7.61. The van der Waals surface area contributed by atoms with Gasteiger partial charge < -0.3 is 21.9 Å². The van der Waals surface area contributed by atoms with E-state index in [4.69, 9.17) is 16.6 Å². The van der Waals surface area contributed by atoms with Crippen LogP contribution in [0.3, 0.4) is 0 Å². The average Bonchev–Trinajstić information content (AvgIpc) is 2.17. The summed E-state index contributed by atoms with van der Waals surface area (Å²) in [4.78, 5) is 21.8. The van der Waals surface area contributed by atoms with Gasteiger partial charge in [0.25, 0.3) is 0 Å². The molecule has 16 heavy (non-hydrogen) atoms. The van der Waals surface area contributed by atoms with E-state index in [9.17, 15) is 9.59 Å². The third-order valence-electron chi connectivity index (χ3n) is 2.04. The molecule has 0 spiro atoms. The van der Waals surface area contributed by atoms with Crippen molar-refractivity contribution >= 4 is 28.9 Å². The Kier molecular flexibility index (Phi) is 10.6. The standard InChI is InChI=1S/C9H19N3O3.BrH/c1-6(9(14)15)12-8(13)7(11)4-2-3-5-10;/h6-7H,2-5,10-11H2,1H3,(H,12,13)(H,14,15);1H/t6-,7-;/m0./s1. The van der Waals surface area contributed by atoms with Crippen molar-refractivity contribution in [2.24, 2.45) is 11.5 Å². The molecule has 2 atom stereocenters. The van der Waals surface area contributed by atoms with Crippen molar-refractivity contribution in [1.29, 1.82) is 0 Å². The van der Waals surface area contributed by atoms with Crippen molar-refractivity contribution in [2.75, 3.05) is 6.54 Å². The Morgan fingerprint density at radius 2 is 1.94 bits per heavy atom. The molecular formula is C9H20BrN3O3. The van der Waals surface area contributed by atoms with Gasteiger partial charge in [-0.15, -0.1) is 17.0 Å². The van der Waals surface area contributed by atoms with Gasteiger partial charge in [0.05, 0.1) is 6.04 Å². The van der Waals surface area contributed by atoms with Crippen LogP contribution < -0.4 is 16.8 Å². The first-order valence-electron chi connectivity index (χ1n) is 4.98. The van der Waals surface area contributed by atoms with Crippen molar-refractivity contribution in [1.82, 2.24) is 5.32 Å². The minimum Gasteiger partial charge on any atom is -0.480 e. The fourth-order valence-electron chi connectivity index (χ4n) is 1.02. The van der Waals surface area contributed by atoms with Crippen molar-refractivity contribution in [3.05, 3.63) is 0 Å². The maximum atomic E-state index is 11.3. The van der Waals surface area contributed by atoms with Crippen LogP contribution in [0.5, 0.6) is 0 Å². The lowest BCUT2D eigenvalue weighted by Crippen LogP contribution is -2.47. The monoisotopic (exact) mass is 297 g/mol. The number of halogens is 1. The molecule has 0 unspecified atom stereocenters. The zero-order chi connectivity index (χ0) is 11.8. The lowest BCUT2D eigenvalue weighted by atomic mass is 10.1. The van der Waals surface area contributed by atoms with E-state index < -0.39 is 24.0 Å². The highest BCUT2D eigenvalue weighted by molar-refractivity contribution is 8.93. The van der Waals surface area contributed by atoms with Gasteiger partial charge in [0.1, 0.15) is 6.04 Å².